The fraction of sp³-hybridized carbons (Fsp3) is 0.333. The van der Waals surface area contributed by atoms with Crippen LogP contribution < -0.4 is 19.9 Å². The Bertz CT molecular complexity index is 673. The number of fused-ring (bicyclic) bond motifs is 1. The normalized spacial score (nSPS) is 12.5. The van der Waals surface area contributed by atoms with Gasteiger partial charge in [0, 0.05) is 12.1 Å². The van der Waals surface area contributed by atoms with Gasteiger partial charge in [0.1, 0.15) is 6.61 Å². The molecule has 6 nitrogen and oxygen atoms in total. The molecule has 0 atom stereocenters. The molecule has 2 aromatic rings. The number of nitrogens with zero attached hydrogens (tertiary/aromatic N) is 2. The van der Waals surface area contributed by atoms with Gasteiger partial charge in [0.25, 0.3) is 0 Å². The van der Waals surface area contributed by atoms with Crippen LogP contribution in [0.2, 0.25) is 0 Å². The lowest BCUT2D eigenvalue weighted by atomic mass is 10.1. The van der Waals surface area contributed by atoms with Crippen LogP contribution in [0.1, 0.15) is 22.4 Å². The molecule has 2 heterocycles. The van der Waals surface area contributed by atoms with E-state index in [4.69, 9.17) is 19.9 Å². The highest BCUT2D eigenvalue weighted by Gasteiger charge is 2.15. The highest BCUT2D eigenvalue weighted by Crippen LogP contribution is 2.32. The first kappa shape index (κ1) is 13.6. The van der Waals surface area contributed by atoms with Gasteiger partial charge in [0.05, 0.1) is 5.69 Å². The third-order valence-corrected chi connectivity index (χ3v) is 3.56. The molecule has 2 N–H and O–H groups in total. The maximum Gasteiger partial charge on any atom is 0.238 e. The van der Waals surface area contributed by atoms with Crippen molar-refractivity contribution >= 4 is 0 Å². The van der Waals surface area contributed by atoms with E-state index in [1.807, 2.05) is 32.0 Å². The lowest BCUT2D eigenvalue weighted by Gasteiger charge is -2.12. The number of nitrogens with two attached hydrogens (primary N) is 1. The maximum absolute atomic E-state index is 5.78. The van der Waals surface area contributed by atoms with E-state index in [-0.39, 0.29) is 6.79 Å². The molecular weight excluding hydrogens is 270 g/mol. The van der Waals surface area contributed by atoms with Crippen molar-refractivity contribution in [1.82, 2.24) is 10.2 Å². The summed E-state index contributed by atoms with van der Waals surface area (Å²) in [6, 6.07) is 5.71. The van der Waals surface area contributed by atoms with Gasteiger partial charge in [-0.25, -0.2) is 0 Å². The molecule has 0 saturated heterocycles. The van der Waals surface area contributed by atoms with Crippen molar-refractivity contribution in [3.8, 4) is 17.4 Å². The van der Waals surface area contributed by atoms with Crippen molar-refractivity contribution in [3.05, 3.63) is 40.6 Å². The van der Waals surface area contributed by atoms with Crippen molar-refractivity contribution in [2.45, 2.75) is 27.0 Å². The molecule has 3 rings (SSSR count). The van der Waals surface area contributed by atoms with E-state index in [0.29, 0.717) is 19.0 Å². The monoisotopic (exact) mass is 287 g/mol. The summed E-state index contributed by atoms with van der Waals surface area (Å²) in [5.41, 5.74) is 9.53. The van der Waals surface area contributed by atoms with E-state index in [1.165, 1.54) is 0 Å². The van der Waals surface area contributed by atoms with Crippen LogP contribution >= 0.6 is 0 Å². The summed E-state index contributed by atoms with van der Waals surface area (Å²) in [6.07, 6.45) is 0. The number of aryl methyl sites for hydroxylation is 1. The Labute approximate surface area is 122 Å². The van der Waals surface area contributed by atoms with E-state index < -0.39 is 0 Å². The van der Waals surface area contributed by atoms with Gasteiger partial charge in [0.2, 0.25) is 12.7 Å². The fourth-order valence-corrected chi connectivity index (χ4v) is 2.17. The van der Waals surface area contributed by atoms with Crippen LogP contribution in [0.3, 0.4) is 0 Å². The van der Waals surface area contributed by atoms with Crippen LogP contribution in [0.25, 0.3) is 0 Å². The van der Waals surface area contributed by atoms with E-state index >= 15 is 0 Å². The maximum atomic E-state index is 5.78. The molecule has 0 bridgehead atoms. The predicted octanol–water partition coefficient (Wildman–Crippen LogP) is 1.86. The molecular formula is C15H17N3O3. The number of hydrogen-bond donors (Lipinski definition) is 1. The van der Waals surface area contributed by atoms with Crippen molar-refractivity contribution in [2.24, 2.45) is 5.73 Å². The fourth-order valence-electron chi connectivity index (χ4n) is 2.17. The summed E-state index contributed by atoms with van der Waals surface area (Å²) in [5, 5.41) is 8.17. The minimum atomic E-state index is 0.263. The highest BCUT2D eigenvalue weighted by molar-refractivity contribution is 5.44. The van der Waals surface area contributed by atoms with Gasteiger partial charge in [-0.05, 0) is 37.1 Å². The summed E-state index contributed by atoms with van der Waals surface area (Å²) >= 11 is 0. The summed E-state index contributed by atoms with van der Waals surface area (Å²) in [5.74, 6) is 1.98. The summed E-state index contributed by atoms with van der Waals surface area (Å²) < 4.78 is 16.4. The third kappa shape index (κ3) is 2.62. The van der Waals surface area contributed by atoms with Gasteiger partial charge in [-0.15, -0.1) is 5.10 Å². The van der Waals surface area contributed by atoms with Gasteiger partial charge >= 0.3 is 0 Å². The number of benzene rings is 1. The molecule has 21 heavy (non-hydrogen) atoms. The molecule has 6 heteroatoms. The first-order valence-corrected chi connectivity index (χ1v) is 6.73. The van der Waals surface area contributed by atoms with Gasteiger partial charge in [-0.2, -0.15) is 5.10 Å². The van der Waals surface area contributed by atoms with Crippen molar-refractivity contribution < 1.29 is 14.2 Å². The van der Waals surface area contributed by atoms with Gasteiger partial charge in [-0.1, -0.05) is 6.07 Å². The SMILES string of the molecule is Cc1nnc(OCc2ccc3c(c2)OCO3)c(CN)c1C. The van der Waals surface area contributed by atoms with Crippen LogP contribution in [0.4, 0.5) is 0 Å². The average Bonchev–Trinajstić information content (AvgIpc) is 2.96. The summed E-state index contributed by atoms with van der Waals surface area (Å²) in [7, 11) is 0. The Kier molecular flexibility index (Phi) is 3.62. The summed E-state index contributed by atoms with van der Waals surface area (Å²) in [6.45, 7) is 4.89. The van der Waals surface area contributed by atoms with Crippen LogP contribution in [0.15, 0.2) is 18.2 Å². The minimum absolute atomic E-state index is 0.263. The number of aromatic nitrogens is 2. The van der Waals surface area contributed by atoms with Crippen molar-refractivity contribution in [1.29, 1.82) is 0 Å². The van der Waals surface area contributed by atoms with E-state index in [2.05, 4.69) is 10.2 Å². The highest BCUT2D eigenvalue weighted by atomic mass is 16.7. The Morgan fingerprint density at radius 2 is 2.00 bits per heavy atom. The molecule has 0 saturated carbocycles. The number of hydrogen-bond acceptors (Lipinski definition) is 6. The third-order valence-electron chi connectivity index (χ3n) is 3.56. The standard InChI is InChI=1S/C15H17N3O3/c1-9-10(2)17-18-15(12(9)6-16)19-7-11-3-4-13-14(5-11)21-8-20-13/h3-5H,6-8,16H2,1-2H3. The second-order valence-electron chi connectivity index (χ2n) is 4.87. The van der Waals surface area contributed by atoms with E-state index in [0.717, 1.165) is 33.9 Å². The Hall–Kier alpha value is -2.34. The number of rotatable bonds is 4. The van der Waals surface area contributed by atoms with Gasteiger partial charge < -0.3 is 19.9 Å². The quantitative estimate of drug-likeness (QED) is 0.924. The lowest BCUT2D eigenvalue weighted by molar-refractivity contribution is 0.174. The second-order valence-corrected chi connectivity index (χ2v) is 4.87. The molecule has 0 unspecified atom stereocenters. The molecule has 0 fully saturated rings. The van der Waals surface area contributed by atoms with Crippen molar-refractivity contribution in [2.75, 3.05) is 6.79 Å². The Morgan fingerprint density at radius 1 is 1.19 bits per heavy atom. The molecule has 1 aromatic carbocycles. The molecule has 110 valence electrons. The lowest BCUT2D eigenvalue weighted by Crippen LogP contribution is -2.09. The second kappa shape index (κ2) is 5.57. The smallest absolute Gasteiger partial charge is 0.238 e. The zero-order valence-corrected chi connectivity index (χ0v) is 12.0. The molecule has 1 aliphatic rings. The molecule has 0 amide bonds. The summed E-state index contributed by atoms with van der Waals surface area (Å²) in [4.78, 5) is 0. The van der Waals surface area contributed by atoms with E-state index in [9.17, 15) is 0 Å². The van der Waals surface area contributed by atoms with Gasteiger partial charge in [-0.3, -0.25) is 0 Å². The first-order valence-electron chi connectivity index (χ1n) is 6.73. The molecule has 1 aromatic heterocycles. The van der Waals surface area contributed by atoms with Crippen molar-refractivity contribution in [3.63, 3.8) is 0 Å². The van der Waals surface area contributed by atoms with Crippen LogP contribution in [-0.2, 0) is 13.2 Å². The predicted molar refractivity (Wildman–Crippen MR) is 76.3 cm³/mol. The van der Waals surface area contributed by atoms with Gasteiger partial charge in [0.15, 0.2) is 11.5 Å². The first-order chi connectivity index (χ1) is 10.2. The zero-order chi connectivity index (χ0) is 14.8. The van der Waals surface area contributed by atoms with Crippen LogP contribution in [0, 0.1) is 13.8 Å². The molecule has 0 spiro atoms. The minimum Gasteiger partial charge on any atom is -0.471 e. The van der Waals surface area contributed by atoms with E-state index in [1.54, 1.807) is 0 Å². The average molecular weight is 287 g/mol. The molecule has 0 radical (unpaired) electrons. The Balaban J connectivity index is 1.77. The molecule has 1 aliphatic heterocycles. The zero-order valence-electron chi connectivity index (χ0n) is 12.0. The Morgan fingerprint density at radius 3 is 2.81 bits per heavy atom. The van der Waals surface area contributed by atoms with Crippen LogP contribution in [-0.4, -0.2) is 17.0 Å². The molecule has 0 aliphatic carbocycles. The topological polar surface area (TPSA) is 79.5 Å². The largest absolute Gasteiger partial charge is 0.471 e. The van der Waals surface area contributed by atoms with Crippen LogP contribution in [0.5, 0.6) is 17.4 Å². The number of ether oxygens (including phenoxy) is 3.